The molecule has 100 valence electrons. The Labute approximate surface area is 104 Å². The first-order chi connectivity index (χ1) is 8.17. The average Bonchev–Trinajstić information content (AvgIpc) is 2.35. The lowest BCUT2D eigenvalue weighted by atomic mass is 10.2. The van der Waals surface area contributed by atoms with Crippen LogP contribution in [-0.2, 0) is 9.53 Å². The highest BCUT2D eigenvalue weighted by molar-refractivity contribution is 5.75. The van der Waals surface area contributed by atoms with E-state index in [1.54, 1.807) is 4.90 Å². The summed E-state index contributed by atoms with van der Waals surface area (Å²) >= 11 is 0. The van der Waals surface area contributed by atoms with E-state index in [1.807, 2.05) is 21.0 Å². The zero-order valence-electron chi connectivity index (χ0n) is 11.2. The maximum Gasteiger partial charge on any atom is 0.222 e. The predicted octanol–water partition coefficient (Wildman–Crippen LogP) is -0.225. The number of nitrogens with one attached hydrogen (secondary N) is 1. The molecule has 1 rings (SSSR count). The number of nitrogens with zero attached hydrogens (tertiary/aromatic N) is 2. The van der Waals surface area contributed by atoms with Gasteiger partial charge in [0.1, 0.15) is 0 Å². The predicted molar refractivity (Wildman–Crippen MR) is 68.0 cm³/mol. The molecule has 5 nitrogen and oxygen atoms in total. The van der Waals surface area contributed by atoms with Crippen molar-refractivity contribution in [2.75, 3.05) is 53.4 Å². The Morgan fingerprint density at radius 1 is 1.59 bits per heavy atom. The standard InChI is InChI=1S/C12H25N3O2/c1-4-12(16)14(3)9-11-10-15(6-5-13-2)7-8-17-11/h11,13H,4-10H2,1-3H3. The largest absolute Gasteiger partial charge is 0.374 e. The van der Waals surface area contributed by atoms with Gasteiger partial charge in [0.05, 0.1) is 12.7 Å². The van der Waals surface area contributed by atoms with E-state index < -0.39 is 0 Å². The SMILES string of the molecule is CCC(=O)N(C)CC1CN(CCNC)CCO1. The van der Waals surface area contributed by atoms with Crippen LogP contribution < -0.4 is 5.32 Å². The second-order valence-electron chi connectivity index (χ2n) is 4.52. The third kappa shape index (κ3) is 5.02. The lowest BCUT2D eigenvalue weighted by Gasteiger charge is -2.34. The number of likely N-dealkylation sites (N-methyl/N-ethyl adjacent to an activating group) is 2. The minimum atomic E-state index is 0.154. The summed E-state index contributed by atoms with van der Waals surface area (Å²) < 4.78 is 5.70. The van der Waals surface area contributed by atoms with Crippen molar-refractivity contribution < 1.29 is 9.53 Å². The molecule has 0 aromatic heterocycles. The molecule has 0 aromatic rings. The molecule has 1 aliphatic rings. The van der Waals surface area contributed by atoms with Crippen molar-refractivity contribution in [3.05, 3.63) is 0 Å². The number of carbonyl (C=O) groups is 1. The van der Waals surface area contributed by atoms with Crippen molar-refractivity contribution >= 4 is 5.91 Å². The number of amides is 1. The van der Waals surface area contributed by atoms with Crippen LogP contribution in [0, 0.1) is 0 Å². The Kier molecular flexibility index (Phi) is 6.47. The summed E-state index contributed by atoms with van der Waals surface area (Å²) in [6, 6.07) is 0. The molecule has 1 saturated heterocycles. The van der Waals surface area contributed by atoms with Crippen LogP contribution in [-0.4, -0.2) is 75.2 Å². The molecule has 1 fully saturated rings. The first-order valence-corrected chi connectivity index (χ1v) is 6.39. The molecule has 0 aromatic carbocycles. The number of hydrogen-bond donors (Lipinski definition) is 1. The molecule has 0 aliphatic carbocycles. The van der Waals surface area contributed by atoms with Gasteiger partial charge in [0, 0.05) is 46.2 Å². The van der Waals surface area contributed by atoms with E-state index in [1.165, 1.54) is 0 Å². The number of carbonyl (C=O) groups excluding carboxylic acids is 1. The van der Waals surface area contributed by atoms with Gasteiger partial charge < -0.3 is 15.0 Å². The summed E-state index contributed by atoms with van der Waals surface area (Å²) in [5, 5.41) is 3.15. The van der Waals surface area contributed by atoms with Crippen molar-refractivity contribution in [1.82, 2.24) is 15.1 Å². The fourth-order valence-electron chi connectivity index (χ4n) is 2.04. The highest BCUT2D eigenvalue weighted by atomic mass is 16.5. The fraction of sp³-hybridized carbons (Fsp3) is 0.917. The Morgan fingerprint density at radius 2 is 2.35 bits per heavy atom. The Hall–Kier alpha value is -0.650. The average molecular weight is 243 g/mol. The van der Waals surface area contributed by atoms with Gasteiger partial charge in [-0.25, -0.2) is 0 Å². The van der Waals surface area contributed by atoms with Crippen LogP contribution in [0.1, 0.15) is 13.3 Å². The van der Waals surface area contributed by atoms with Crippen LogP contribution in [0.4, 0.5) is 0 Å². The van der Waals surface area contributed by atoms with Crippen LogP contribution >= 0.6 is 0 Å². The molecule has 1 amide bonds. The molecule has 0 radical (unpaired) electrons. The Bertz CT molecular complexity index is 236. The molecule has 17 heavy (non-hydrogen) atoms. The van der Waals surface area contributed by atoms with Crippen molar-refractivity contribution in [1.29, 1.82) is 0 Å². The first-order valence-electron chi connectivity index (χ1n) is 6.39. The monoisotopic (exact) mass is 243 g/mol. The second-order valence-corrected chi connectivity index (χ2v) is 4.52. The molecule has 1 atom stereocenters. The van der Waals surface area contributed by atoms with E-state index >= 15 is 0 Å². The van der Waals surface area contributed by atoms with Gasteiger partial charge in [-0.15, -0.1) is 0 Å². The maximum absolute atomic E-state index is 11.5. The normalized spacial score (nSPS) is 21.5. The smallest absolute Gasteiger partial charge is 0.222 e. The van der Waals surface area contributed by atoms with Crippen LogP contribution in [0.5, 0.6) is 0 Å². The third-order valence-corrected chi connectivity index (χ3v) is 3.11. The topological polar surface area (TPSA) is 44.8 Å². The van der Waals surface area contributed by atoms with Crippen LogP contribution in [0.25, 0.3) is 0 Å². The van der Waals surface area contributed by atoms with E-state index in [9.17, 15) is 4.79 Å². The van der Waals surface area contributed by atoms with Gasteiger partial charge in [-0.1, -0.05) is 6.92 Å². The van der Waals surface area contributed by atoms with Gasteiger partial charge in [-0.3, -0.25) is 9.69 Å². The molecule has 1 N–H and O–H groups in total. The Morgan fingerprint density at radius 3 is 3.00 bits per heavy atom. The van der Waals surface area contributed by atoms with Gasteiger partial charge in [-0.2, -0.15) is 0 Å². The lowest BCUT2D eigenvalue weighted by molar-refractivity contribution is -0.132. The second kappa shape index (κ2) is 7.63. The minimum Gasteiger partial charge on any atom is -0.374 e. The van der Waals surface area contributed by atoms with E-state index in [0.29, 0.717) is 13.0 Å². The quantitative estimate of drug-likeness (QED) is 0.700. The zero-order chi connectivity index (χ0) is 12.7. The first kappa shape index (κ1) is 14.4. The number of ether oxygens (including phenoxy) is 1. The molecular formula is C12H25N3O2. The number of hydrogen-bond acceptors (Lipinski definition) is 4. The zero-order valence-corrected chi connectivity index (χ0v) is 11.2. The number of morpholine rings is 1. The van der Waals surface area contributed by atoms with E-state index in [2.05, 4.69) is 10.2 Å². The van der Waals surface area contributed by atoms with E-state index in [4.69, 9.17) is 4.74 Å². The van der Waals surface area contributed by atoms with Gasteiger partial charge >= 0.3 is 0 Å². The molecule has 1 heterocycles. The highest BCUT2D eigenvalue weighted by Crippen LogP contribution is 2.06. The molecule has 0 bridgehead atoms. The van der Waals surface area contributed by atoms with Gasteiger partial charge in [0.2, 0.25) is 5.91 Å². The van der Waals surface area contributed by atoms with Crippen LogP contribution in [0.2, 0.25) is 0 Å². The lowest BCUT2D eigenvalue weighted by Crippen LogP contribution is -2.49. The highest BCUT2D eigenvalue weighted by Gasteiger charge is 2.22. The summed E-state index contributed by atoms with van der Waals surface area (Å²) in [6.07, 6.45) is 0.716. The van der Waals surface area contributed by atoms with Crippen molar-refractivity contribution in [3.8, 4) is 0 Å². The van der Waals surface area contributed by atoms with Crippen molar-refractivity contribution in [2.45, 2.75) is 19.4 Å². The van der Waals surface area contributed by atoms with Crippen molar-refractivity contribution in [3.63, 3.8) is 0 Å². The molecule has 5 heteroatoms. The summed E-state index contributed by atoms with van der Waals surface area (Å²) in [4.78, 5) is 15.6. The number of rotatable bonds is 6. The molecule has 0 saturated carbocycles. The Balaban J connectivity index is 2.31. The summed E-state index contributed by atoms with van der Waals surface area (Å²) in [7, 11) is 3.81. The van der Waals surface area contributed by atoms with Crippen LogP contribution in [0.3, 0.4) is 0 Å². The van der Waals surface area contributed by atoms with Crippen molar-refractivity contribution in [2.24, 2.45) is 0 Å². The van der Waals surface area contributed by atoms with Gasteiger partial charge in [0.15, 0.2) is 0 Å². The van der Waals surface area contributed by atoms with Gasteiger partial charge in [0.25, 0.3) is 0 Å². The van der Waals surface area contributed by atoms with Gasteiger partial charge in [-0.05, 0) is 7.05 Å². The summed E-state index contributed by atoms with van der Waals surface area (Å²) in [5.41, 5.74) is 0. The van der Waals surface area contributed by atoms with Crippen LogP contribution in [0.15, 0.2) is 0 Å². The minimum absolute atomic E-state index is 0.154. The van der Waals surface area contributed by atoms with E-state index in [0.717, 1.165) is 32.8 Å². The molecule has 1 aliphatic heterocycles. The van der Waals surface area contributed by atoms with E-state index in [-0.39, 0.29) is 12.0 Å². The molecule has 0 spiro atoms. The third-order valence-electron chi connectivity index (χ3n) is 3.11. The molecular weight excluding hydrogens is 218 g/mol. The fourth-order valence-corrected chi connectivity index (χ4v) is 2.04. The molecule has 1 unspecified atom stereocenters. The summed E-state index contributed by atoms with van der Waals surface area (Å²) in [5.74, 6) is 0.181. The summed E-state index contributed by atoms with van der Waals surface area (Å²) in [6.45, 7) is 7.30. The maximum atomic E-state index is 11.5.